The number of carbonyl (C=O) groups excluding carboxylic acids is 3. The normalized spacial score (nSPS) is 23.3. The Balaban J connectivity index is 1.03. The van der Waals surface area contributed by atoms with Crippen molar-refractivity contribution in [1.82, 2.24) is 4.90 Å². The second-order valence-corrected chi connectivity index (χ2v) is 20.5. The van der Waals surface area contributed by atoms with Crippen LogP contribution in [-0.2, 0) is 39.4 Å². The summed E-state index contributed by atoms with van der Waals surface area (Å²) >= 11 is 0. The SMILES string of the molecule is COc1ccc2c(c1)[C@]1(O[C@@H](CC(=O)N3Cc4ccccc4C[C@H]3CO)[C@H]([Si](C)(C)O)[C@H]1C)C(=O)N2Cc1ccc(N2C(=O)c3ccccc3Oc3ccccc32)cc1. The zero-order chi connectivity index (χ0) is 41.2. The van der Waals surface area contributed by atoms with E-state index < -0.39 is 31.5 Å². The molecule has 59 heavy (non-hydrogen) atoms. The lowest BCUT2D eigenvalue weighted by Crippen LogP contribution is -2.48. The molecule has 12 heteroatoms. The van der Waals surface area contributed by atoms with E-state index in [9.17, 15) is 19.5 Å². The van der Waals surface area contributed by atoms with Crippen molar-refractivity contribution >= 4 is 43.1 Å². The lowest BCUT2D eigenvalue weighted by Gasteiger charge is -2.37. The van der Waals surface area contributed by atoms with Crippen molar-refractivity contribution in [3.8, 4) is 17.2 Å². The molecule has 0 radical (unpaired) electrons. The van der Waals surface area contributed by atoms with Crippen molar-refractivity contribution in [2.75, 3.05) is 23.5 Å². The summed E-state index contributed by atoms with van der Waals surface area (Å²) in [6, 6.07) is 35.2. The van der Waals surface area contributed by atoms with Crippen molar-refractivity contribution in [1.29, 1.82) is 0 Å². The van der Waals surface area contributed by atoms with Gasteiger partial charge in [0.1, 0.15) is 11.5 Å². The van der Waals surface area contributed by atoms with Gasteiger partial charge in [0.05, 0.1) is 55.8 Å². The average Bonchev–Trinajstić information content (AvgIpc) is 3.61. The molecule has 0 bridgehead atoms. The fourth-order valence-corrected chi connectivity index (χ4v) is 12.4. The number of hydrogen-bond donors (Lipinski definition) is 2. The Bertz CT molecular complexity index is 2470. The summed E-state index contributed by atoms with van der Waals surface area (Å²) in [6.45, 7) is 6.01. The fourth-order valence-electron chi connectivity index (χ4n) is 9.87. The van der Waals surface area contributed by atoms with Gasteiger partial charge in [0.15, 0.2) is 19.7 Å². The summed E-state index contributed by atoms with van der Waals surface area (Å²) in [6.07, 6.45) is -0.264. The van der Waals surface area contributed by atoms with Crippen LogP contribution in [-0.4, -0.2) is 66.7 Å². The molecule has 1 spiro atoms. The van der Waals surface area contributed by atoms with Gasteiger partial charge in [-0.2, -0.15) is 0 Å². The van der Waals surface area contributed by atoms with Crippen LogP contribution in [0.2, 0.25) is 18.6 Å². The van der Waals surface area contributed by atoms with Gasteiger partial charge < -0.3 is 33.9 Å². The Morgan fingerprint density at radius 1 is 0.881 bits per heavy atom. The molecule has 5 aromatic rings. The highest BCUT2D eigenvalue weighted by atomic mass is 28.4. The number of para-hydroxylation sites is 3. The molecule has 2 N–H and O–H groups in total. The monoisotopic (exact) mass is 809 g/mol. The molecule has 302 valence electrons. The van der Waals surface area contributed by atoms with Crippen LogP contribution >= 0.6 is 0 Å². The maximum absolute atomic E-state index is 15.2. The van der Waals surface area contributed by atoms with Crippen LogP contribution in [0.4, 0.5) is 17.1 Å². The van der Waals surface area contributed by atoms with E-state index in [4.69, 9.17) is 14.2 Å². The minimum atomic E-state index is -3.08. The number of carbonyl (C=O) groups is 3. The van der Waals surface area contributed by atoms with Crippen molar-refractivity contribution in [2.45, 2.75) is 69.2 Å². The molecule has 1 saturated heterocycles. The molecular formula is C47H47N3O8Si. The van der Waals surface area contributed by atoms with Crippen LogP contribution in [0.5, 0.6) is 17.2 Å². The number of ether oxygens (including phenoxy) is 3. The van der Waals surface area contributed by atoms with Gasteiger partial charge in [0.2, 0.25) is 5.91 Å². The van der Waals surface area contributed by atoms with Crippen molar-refractivity contribution in [3.05, 3.63) is 143 Å². The smallest absolute Gasteiger partial charge is 0.266 e. The van der Waals surface area contributed by atoms with E-state index in [1.807, 2.05) is 123 Å². The number of anilines is 3. The van der Waals surface area contributed by atoms with E-state index in [2.05, 4.69) is 0 Å². The zero-order valence-electron chi connectivity index (χ0n) is 33.5. The first-order valence-corrected chi connectivity index (χ1v) is 23.1. The number of aliphatic hydroxyl groups excluding tert-OH is 1. The molecule has 4 heterocycles. The molecule has 0 unspecified atom stereocenters. The van der Waals surface area contributed by atoms with Crippen molar-refractivity contribution < 1.29 is 38.5 Å². The lowest BCUT2D eigenvalue weighted by molar-refractivity contribution is -0.151. The van der Waals surface area contributed by atoms with Gasteiger partial charge in [-0.15, -0.1) is 0 Å². The highest BCUT2D eigenvalue weighted by Gasteiger charge is 2.66. The zero-order valence-corrected chi connectivity index (χ0v) is 34.5. The standard InChI is InChI=1S/C47H47N3O8Si/c1-29-44(59(3,4)55)42(25-43(52)48-27-32-12-6-5-11-31(32)23-34(48)28-51)58-47(29)37-24-35(56-2)21-22-38(37)49(46(47)54)26-30-17-19-33(20-18-30)50-39-14-8-10-16-41(39)57-40-15-9-7-13-36(40)45(50)53/h5-22,24,29,34,42,44,51,55H,23,25-28H2,1-4H3/t29-,34+,42+,44-,47+/m1/s1. The number of fused-ring (bicyclic) bond motifs is 5. The number of hydrogen-bond acceptors (Lipinski definition) is 8. The number of benzene rings is 5. The van der Waals surface area contributed by atoms with Gasteiger partial charge in [-0.3, -0.25) is 19.3 Å². The second kappa shape index (κ2) is 14.8. The van der Waals surface area contributed by atoms with E-state index in [-0.39, 0.29) is 43.3 Å². The van der Waals surface area contributed by atoms with Crippen molar-refractivity contribution in [2.24, 2.45) is 5.92 Å². The van der Waals surface area contributed by atoms with E-state index in [0.29, 0.717) is 58.4 Å². The average molecular weight is 810 g/mol. The highest BCUT2D eigenvalue weighted by Crippen LogP contribution is 2.60. The molecule has 0 saturated carbocycles. The molecule has 0 aromatic heterocycles. The Kier molecular flexibility index (Phi) is 9.70. The van der Waals surface area contributed by atoms with Crippen LogP contribution in [0.15, 0.2) is 115 Å². The molecule has 11 nitrogen and oxygen atoms in total. The van der Waals surface area contributed by atoms with Crippen LogP contribution in [0.1, 0.15) is 46.0 Å². The minimum absolute atomic E-state index is 0.0473. The van der Waals surface area contributed by atoms with Gasteiger partial charge >= 0.3 is 0 Å². The van der Waals surface area contributed by atoms with Crippen molar-refractivity contribution in [3.63, 3.8) is 0 Å². The topological polar surface area (TPSA) is 129 Å². The summed E-state index contributed by atoms with van der Waals surface area (Å²) in [4.78, 5) is 60.5. The van der Waals surface area contributed by atoms with E-state index in [1.165, 1.54) is 0 Å². The Labute approximate surface area is 344 Å². The molecule has 1 fully saturated rings. The van der Waals surface area contributed by atoms with Crippen LogP contribution in [0.25, 0.3) is 0 Å². The van der Waals surface area contributed by atoms with Crippen LogP contribution < -0.4 is 19.3 Å². The lowest BCUT2D eigenvalue weighted by atomic mass is 9.82. The first-order valence-electron chi connectivity index (χ1n) is 20.1. The third-order valence-corrected chi connectivity index (χ3v) is 15.1. The van der Waals surface area contributed by atoms with E-state index in [0.717, 1.165) is 16.7 Å². The summed E-state index contributed by atoms with van der Waals surface area (Å²) in [5.41, 5.74) is 3.99. The Morgan fingerprint density at radius 2 is 1.58 bits per heavy atom. The number of methoxy groups -OCH3 is 1. The van der Waals surface area contributed by atoms with Gasteiger partial charge in [-0.25, -0.2) is 0 Å². The third-order valence-electron chi connectivity index (χ3n) is 12.6. The van der Waals surface area contributed by atoms with E-state index >= 15 is 4.79 Å². The van der Waals surface area contributed by atoms with Gasteiger partial charge in [0.25, 0.3) is 11.8 Å². The predicted molar refractivity (Wildman–Crippen MR) is 225 cm³/mol. The fraction of sp³-hybridized carbons (Fsp3) is 0.298. The van der Waals surface area contributed by atoms with Gasteiger partial charge in [-0.1, -0.05) is 67.6 Å². The first-order chi connectivity index (χ1) is 28.4. The predicted octanol–water partition coefficient (Wildman–Crippen LogP) is 7.46. The molecule has 3 amide bonds. The molecule has 4 aliphatic rings. The Hall–Kier alpha value is -5.79. The summed E-state index contributed by atoms with van der Waals surface area (Å²) in [7, 11) is -1.51. The summed E-state index contributed by atoms with van der Waals surface area (Å²) in [5.74, 6) is 0.415. The summed E-state index contributed by atoms with van der Waals surface area (Å²) in [5, 5.41) is 10.4. The maximum Gasteiger partial charge on any atom is 0.266 e. The van der Waals surface area contributed by atoms with Crippen LogP contribution in [0.3, 0.4) is 0 Å². The minimum Gasteiger partial charge on any atom is -0.497 e. The molecule has 5 atom stereocenters. The van der Waals surface area contributed by atoms with Crippen LogP contribution in [0, 0.1) is 5.92 Å². The third kappa shape index (κ3) is 6.42. The molecular weight excluding hydrogens is 763 g/mol. The first kappa shape index (κ1) is 38.7. The highest BCUT2D eigenvalue weighted by molar-refractivity contribution is 6.71. The Morgan fingerprint density at radius 3 is 2.31 bits per heavy atom. The molecule has 9 rings (SSSR count). The van der Waals surface area contributed by atoms with Gasteiger partial charge in [-0.05, 0) is 90.8 Å². The largest absolute Gasteiger partial charge is 0.497 e. The molecule has 0 aliphatic carbocycles. The quantitative estimate of drug-likeness (QED) is 0.155. The second-order valence-electron chi connectivity index (χ2n) is 16.5. The number of amides is 3. The molecule has 5 aromatic carbocycles. The van der Waals surface area contributed by atoms with E-state index in [1.54, 1.807) is 33.9 Å². The van der Waals surface area contributed by atoms with Gasteiger partial charge in [0, 0.05) is 29.3 Å². The number of nitrogens with zero attached hydrogens (tertiary/aromatic N) is 3. The number of aliphatic hydroxyl groups is 1. The maximum atomic E-state index is 15.2. The molecule has 4 aliphatic heterocycles. The summed E-state index contributed by atoms with van der Waals surface area (Å²) < 4.78 is 18.9. The number of rotatable bonds is 8.